The van der Waals surface area contributed by atoms with Crippen molar-refractivity contribution in [3.8, 4) is 6.07 Å². The van der Waals surface area contributed by atoms with Gasteiger partial charge in [0.05, 0.1) is 24.4 Å². The highest BCUT2D eigenvalue weighted by atomic mass is 19.4. The van der Waals surface area contributed by atoms with Crippen molar-refractivity contribution in [3.05, 3.63) is 18.0 Å². The molecule has 4 nitrogen and oxygen atoms in total. The third-order valence-corrected chi connectivity index (χ3v) is 3.54. The molecule has 1 unspecified atom stereocenters. The van der Waals surface area contributed by atoms with E-state index in [-0.39, 0.29) is 12.5 Å². The van der Waals surface area contributed by atoms with Crippen molar-refractivity contribution in [1.82, 2.24) is 15.1 Å². The summed E-state index contributed by atoms with van der Waals surface area (Å²) >= 11 is 0. The number of rotatable bonds is 6. The van der Waals surface area contributed by atoms with Gasteiger partial charge in [-0.2, -0.15) is 23.5 Å². The minimum absolute atomic E-state index is 0.143. The van der Waals surface area contributed by atoms with E-state index in [2.05, 4.69) is 16.5 Å². The molecule has 2 rings (SSSR count). The van der Waals surface area contributed by atoms with Crippen LogP contribution in [0.4, 0.5) is 13.2 Å². The minimum atomic E-state index is -4.40. The van der Waals surface area contributed by atoms with Gasteiger partial charge in [0.15, 0.2) is 0 Å². The SMILES string of the molecule is CCCNC(C#N)(Cn1cc(C(F)(F)F)cn1)C1CC1. The molecule has 0 saturated heterocycles. The first-order valence-electron chi connectivity index (χ1n) is 6.67. The molecule has 20 heavy (non-hydrogen) atoms. The van der Waals surface area contributed by atoms with Crippen LogP contribution < -0.4 is 5.32 Å². The molecule has 7 heteroatoms. The Balaban J connectivity index is 2.16. The molecule has 1 aromatic heterocycles. The molecular formula is C13H17F3N4. The van der Waals surface area contributed by atoms with Crippen LogP contribution in [0.5, 0.6) is 0 Å². The molecule has 1 aromatic rings. The molecule has 1 N–H and O–H groups in total. The first-order chi connectivity index (χ1) is 9.41. The lowest BCUT2D eigenvalue weighted by Gasteiger charge is -2.27. The number of hydrogen-bond acceptors (Lipinski definition) is 3. The van der Waals surface area contributed by atoms with Gasteiger partial charge in [-0.1, -0.05) is 6.92 Å². The zero-order chi connectivity index (χ0) is 14.8. The van der Waals surface area contributed by atoms with Gasteiger partial charge in [-0.25, -0.2) is 0 Å². The van der Waals surface area contributed by atoms with E-state index in [9.17, 15) is 18.4 Å². The molecule has 110 valence electrons. The Labute approximate surface area is 115 Å². The summed E-state index contributed by atoms with van der Waals surface area (Å²) in [5.41, 5.74) is -1.60. The van der Waals surface area contributed by atoms with Gasteiger partial charge in [-0.15, -0.1) is 0 Å². The van der Waals surface area contributed by atoms with E-state index in [4.69, 9.17) is 0 Å². The van der Waals surface area contributed by atoms with Crippen LogP contribution in [-0.4, -0.2) is 21.9 Å². The second kappa shape index (κ2) is 5.44. The topological polar surface area (TPSA) is 53.6 Å². The Morgan fingerprint density at radius 3 is 2.65 bits per heavy atom. The standard InChI is InChI=1S/C13H17F3N4/c1-2-5-18-12(8-17,10-3-4-10)9-20-7-11(6-19-20)13(14,15)16/h6-7,10,18H,2-5,9H2,1H3. The van der Waals surface area contributed by atoms with Crippen LogP contribution in [0.25, 0.3) is 0 Å². The third kappa shape index (κ3) is 3.12. The summed E-state index contributed by atoms with van der Waals surface area (Å²) in [6, 6.07) is 2.26. The van der Waals surface area contributed by atoms with Crippen LogP contribution in [0.1, 0.15) is 31.7 Å². The van der Waals surface area contributed by atoms with Gasteiger partial charge in [0, 0.05) is 6.20 Å². The summed E-state index contributed by atoms with van der Waals surface area (Å²) in [6.45, 7) is 2.79. The third-order valence-electron chi connectivity index (χ3n) is 3.54. The normalized spacial score (nSPS) is 18.6. The lowest BCUT2D eigenvalue weighted by atomic mass is 9.94. The van der Waals surface area contributed by atoms with E-state index in [1.807, 2.05) is 6.92 Å². The average molecular weight is 286 g/mol. The van der Waals surface area contributed by atoms with E-state index in [0.717, 1.165) is 31.7 Å². The second-order valence-corrected chi connectivity index (χ2v) is 5.21. The highest BCUT2D eigenvalue weighted by molar-refractivity contribution is 5.16. The Kier molecular flexibility index (Phi) is 4.04. The molecule has 0 bridgehead atoms. The predicted molar refractivity (Wildman–Crippen MR) is 66.6 cm³/mol. The fourth-order valence-corrected chi connectivity index (χ4v) is 2.27. The number of halogens is 3. The minimum Gasteiger partial charge on any atom is -0.298 e. The molecule has 0 radical (unpaired) electrons. The van der Waals surface area contributed by atoms with Crippen LogP contribution in [0.15, 0.2) is 12.4 Å². The van der Waals surface area contributed by atoms with Gasteiger partial charge in [0.2, 0.25) is 0 Å². The van der Waals surface area contributed by atoms with Crippen molar-refractivity contribution in [2.24, 2.45) is 5.92 Å². The van der Waals surface area contributed by atoms with Crippen molar-refractivity contribution in [1.29, 1.82) is 5.26 Å². The smallest absolute Gasteiger partial charge is 0.298 e. The number of aromatic nitrogens is 2. The molecule has 1 fully saturated rings. The largest absolute Gasteiger partial charge is 0.419 e. The highest BCUT2D eigenvalue weighted by Crippen LogP contribution is 2.40. The Bertz CT molecular complexity index is 498. The van der Waals surface area contributed by atoms with Crippen molar-refractivity contribution in [2.75, 3.05) is 6.54 Å². The Morgan fingerprint density at radius 2 is 2.20 bits per heavy atom. The molecule has 1 saturated carbocycles. The zero-order valence-electron chi connectivity index (χ0n) is 11.2. The number of hydrogen-bond donors (Lipinski definition) is 1. The first-order valence-corrected chi connectivity index (χ1v) is 6.67. The Morgan fingerprint density at radius 1 is 1.50 bits per heavy atom. The van der Waals surface area contributed by atoms with Crippen LogP contribution in [0, 0.1) is 17.2 Å². The van der Waals surface area contributed by atoms with Gasteiger partial charge >= 0.3 is 6.18 Å². The van der Waals surface area contributed by atoms with E-state index in [1.165, 1.54) is 4.68 Å². The van der Waals surface area contributed by atoms with Crippen LogP contribution in [0.2, 0.25) is 0 Å². The molecule has 0 amide bonds. The maximum atomic E-state index is 12.6. The van der Waals surface area contributed by atoms with Gasteiger partial charge in [-0.05, 0) is 31.7 Å². The number of alkyl halides is 3. The molecule has 1 atom stereocenters. The monoisotopic (exact) mass is 286 g/mol. The van der Waals surface area contributed by atoms with Gasteiger partial charge < -0.3 is 0 Å². The number of nitrogens with zero attached hydrogens (tertiary/aromatic N) is 3. The van der Waals surface area contributed by atoms with Crippen LogP contribution >= 0.6 is 0 Å². The fourth-order valence-electron chi connectivity index (χ4n) is 2.27. The molecule has 1 aliphatic rings. The summed E-state index contributed by atoms with van der Waals surface area (Å²) in [5.74, 6) is 0.192. The molecule has 0 spiro atoms. The van der Waals surface area contributed by atoms with Crippen molar-refractivity contribution in [3.63, 3.8) is 0 Å². The molecular weight excluding hydrogens is 269 g/mol. The van der Waals surface area contributed by atoms with Gasteiger partial charge in [0.1, 0.15) is 5.54 Å². The zero-order valence-corrected chi connectivity index (χ0v) is 11.2. The summed E-state index contributed by atoms with van der Waals surface area (Å²) < 4.78 is 38.9. The van der Waals surface area contributed by atoms with E-state index >= 15 is 0 Å². The summed E-state index contributed by atoms with van der Waals surface area (Å²) in [7, 11) is 0. The van der Waals surface area contributed by atoms with E-state index in [0.29, 0.717) is 6.54 Å². The molecule has 1 heterocycles. The Hall–Kier alpha value is -1.55. The predicted octanol–water partition coefficient (Wildman–Crippen LogP) is 2.57. The van der Waals surface area contributed by atoms with Gasteiger partial charge in [-0.3, -0.25) is 10.00 Å². The second-order valence-electron chi connectivity index (χ2n) is 5.21. The summed E-state index contributed by atoms with van der Waals surface area (Å²) in [4.78, 5) is 0. The van der Waals surface area contributed by atoms with Crippen LogP contribution in [0.3, 0.4) is 0 Å². The number of nitrogens with one attached hydrogen (secondary N) is 1. The number of nitriles is 1. The van der Waals surface area contributed by atoms with Crippen molar-refractivity contribution < 1.29 is 13.2 Å². The first kappa shape index (κ1) is 14.9. The fraction of sp³-hybridized carbons (Fsp3) is 0.692. The summed E-state index contributed by atoms with van der Waals surface area (Å²) in [6.07, 6.45) is 0.0827. The molecule has 0 aliphatic heterocycles. The molecule has 0 aromatic carbocycles. The van der Waals surface area contributed by atoms with E-state index < -0.39 is 17.3 Å². The van der Waals surface area contributed by atoms with Crippen molar-refractivity contribution >= 4 is 0 Å². The van der Waals surface area contributed by atoms with Crippen LogP contribution in [-0.2, 0) is 12.7 Å². The lowest BCUT2D eigenvalue weighted by molar-refractivity contribution is -0.137. The maximum Gasteiger partial charge on any atom is 0.419 e. The lowest BCUT2D eigenvalue weighted by Crippen LogP contribution is -2.50. The average Bonchev–Trinajstić information content (AvgIpc) is 3.14. The summed E-state index contributed by atoms with van der Waals surface area (Å²) in [5, 5.41) is 16.4. The van der Waals surface area contributed by atoms with Crippen molar-refractivity contribution in [2.45, 2.75) is 44.4 Å². The van der Waals surface area contributed by atoms with E-state index in [1.54, 1.807) is 0 Å². The highest BCUT2D eigenvalue weighted by Gasteiger charge is 2.46. The molecule has 1 aliphatic carbocycles. The maximum absolute atomic E-state index is 12.6. The quantitative estimate of drug-likeness (QED) is 0.874. The van der Waals surface area contributed by atoms with Gasteiger partial charge in [0.25, 0.3) is 0 Å².